The monoisotopic (exact) mass is 553 g/mol. The molecule has 11 nitrogen and oxygen atoms in total. The van der Waals surface area contributed by atoms with Gasteiger partial charge in [0.05, 0.1) is 0 Å². The predicted molar refractivity (Wildman–Crippen MR) is 143 cm³/mol. The fourth-order valence-electron chi connectivity index (χ4n) is 3.09. The van der Waals surface area contributed by atoms with Gasteiger partial charge in [-0.1, -0.05) is 33.8 Å². The largest absolute Gasteiger partial charge is 0.514 e. The van der Waals surface area contributed by atoms with Gasteiger partial charge < -0.3 is 34.1 Å². The van der Waals surface area contributed by atoms with Crippen molar-refractivity contribution in [2.24, 2.45) is 5.92 Å². The van der Waals surface area contributed by atoms with Crippen molar-refractivity contribution < 1.29 is 48.0 Å². The molecule has 0 fully saturated rings. The number of carbonyl (C=O) groups is 4. The maximum atomic E-state index is 12.3. The van der Waals surface area contributed by atoms with Crippen molar-refractivity contribution in [3.8, 4) is 11.5 Å². The first kappa shape index (κ1) is 33.7. The summed E-state index contributed by atoms with van der Waals surface area (Å²) in [5.41, 5.74) is 0.477. The molecule has 1 aromatic carbocycles. The van der Waals surface area contributed by atoms with Gasteiger partial charge in [-0.2, -0.15) is 0 Å². The van der Waals surface area contributed by atoms with Crippen molar-refractivity contribution in [1.82, 2.24) is 5.32 Å². The summed E-state index contributed by atoms with van der Waals surface area (Å²) >= 11 is 0. The van der Waals surface area contributed by atoms with Crippen LogP contribution in [0.15, 0.2) is 18.2 Å². The molecule has 0 aliphatic carbocycles. The quantitative estimate of drug-likeness (QED) is 0.157. The molecule has 1 aromatic rings. The summed E-state index contributed by atoms with van der Waals surface area (Å²) in [4.78, 5) is 48.3. The molecule has 0 aliphatic heterocycles. The molecule has 3 unspecified atom stereocenters. The number of rotatable bonds is 16. The summed E-state index contributed by atoms with van der Waals surface area (Å²) in [6.45, 7) is 12.9. The lowest BCUT2D eigenvalue weighted by Gasteiger charge is -2.19. The van der Waals surface area contributed by atoms with E-state index in [9.17, 15) is 24.3 Å². The van der Waals surface area contributed by atoms with E-state index >= 15 is 0 Å². The van der Waals surface area contributed by atoms with Gasteiger partial charge in [-0.3, -0.25) is 9.59 Å². The predicted octanol–water partition coefficient (Wildman–Crippen LogP) is 5.27. The van der Waals surface area contributed by atoms with E-state index in [1.807, 2.05) is 27.7 Å². The van der Waals surface area contributed by atoms with Crippen molar-refractivity contribution in [2.45, 2.75) is 105 Å². The molecule has 0 aliphatic rings. The normalized spacial score (nSPS) is 14.1. The highest BCUT2D eigenvalue weighted by Crippen LogP contribution is 2.30. The number of esters is 1. The zero-order chi connectivity index (χ0) is 29.5. The summed E-state index contributed by atoms with van der Waals surface area (Å²) in [7, 11) is 0. The lowest BCUT2D eigenvalue weighted by Crippen LogP contribution is -2.42. The third kappa shape index (κ3) is 13.9. The number of aliphatic carboxylic acids is 1. The minimum atomic E-state index is -1.12. The standard InChI is InChI=1S/C28H43NO10/c1-8-18(5)36-27(33)38-23-12-11-21(15-24(23)39-28(34)37-19(6)9-2)14-22(26(31)32)29-16-20(7)35-25(30)13-10-17(3)4/h11-12,15,17-20,22,29H,8-10,13-14,16H2,1-7H3,(H,31,32)/t18?,19?,20?,22-/m0/s1. The molecule has 0 amide bonds. The third-order valence-corrected chi connectivity index (χ3v) is 5.79. The number of nitrogens with one attached hydrogen (secondary N) is 1. The molecule has 0 spiro atoms. The molecule has 0 radical (unpaired) electrons. The number of hydrogen-bond acceptors (Lipinski definition) is 10. The van der Waals surface area contributed by atoms with Crippen LogP contribution >= 0.6 is 0 Å². The maximum Gasteiger partial charge on any atom is 0.514 e. The SMILES string of the molecule is CCC(C)OC(=O)Oc1ccc(C[C@H](NCC(C)OC(=O)CCC(C)C)C(=O)O)cc1OC(=O)OC(C)CC. The Balaban J connectivity index is 2.98. The molecule has 2 N–H and O–H groups in total. The van der Waals surface area contributed by atoms with E-state index < -0.39 is 36.5 Å². The van der Waals surface area contributed by atoms with E-state index in [0.717, 1.165) is 0 Å². The Labute approximate surface area is 230 Å². The first-order valence-corrected chi connectivity index (χ1v) is 13.4. The summed E-state index contributed by atoms with van der Waals surface area (Å²) in [5, 5.41) is 12.6. The second kappa shape index (κ2) is 17.3. The molecule has 0 bridgehead atoms. The highest BCUT2D eigenvalue weighted by atomic mass is 16.7. The molecular formula is C28H43NO10. The van der Waals surface area contributed by atoms with Crippen molar-refractivity contribution >= 4 is 24.2 Å². The van der Waals surface area contributed by atoms with Crippen LogP contribution in [0, 0.1) is 5.92 Å². The number of carbonyl (C=O) groups excluding carboxylic acids is 3. The molecular weight excluding hydrogens is 510 g/mol. The van der Waals surface area contributed by atoms with E-state index in [2.05, 4.69) is 5.32 Å². The van der Waals surface area contributed by atoms with Crippen molar-refractivity contribution in [3.05, 3.63) is 23.8 Å². The number of ether oxygens (including phenoxy) is 5. The second-order valence-corrected chi connectivity index (χ2v) is 9.89. The zero-order valence-corrected chi connectivity index (χ0v) is 24.0. The fraction of sp³-hybridized carbons (Fsp3) is 0.643. The smallest absolute Gasteiger partial charge is 0.480 e. The van der Waals surface area contributed by atoms with Crippen LogP contribution in [0.1, 0.15) is 79.7 Å². The fourth-order valence-corrected chi connectivity index (χ4v) is 3.09. The summed E-state index contributed by atoms with van der Waals surface area (Å²) in [6.07, 6.45) is -1.13. The highest BCUT2D eigenvalue weighted by molar-refractivity contribution is 5.74. The van der Waals surface area contributed by atoms with Gasteiger partial charge in [-0.25, -0.2) is 9.59 Å². The van der Waals surface area contributed by atoms with E-state index in [1.165, 1.54) is 12.1 Å². The first-order chi connectivity index (χ1) is 18.3. The number of hydrogen-bond donors (Lipinski definition) is 2. The molecule has 0 saturated carbocycles. The molecule has 0 saturated heterocycles. The molecule has 1 rings (SSSR count). The lowest BCUT2D eigenvalue weighted by molar-refractivity contribution is -0.148. The van der Waals surface area contributed by atoms with E-state index in [4.69, 9.17) is 23.7 Å². The lowest BCUT2D eigenvalue weighted by atomic mass is 10.0. The van der Waals surface area contributed by atoms with Gasteiger partial charge in [-0.15, -0.1) is 0 Å². The minimum Gasteiger partial charge on any atom is -0.480 e. The molecule has 39 heavy (non-hydrogen) atoms. The van der Waals surface area contributed by atoms with Crippen molar-refractivity contribution in [1.29, 1.82) is 0 Å². The Morgan fingerprint density at radius 1 is 0.821 bits per heavy atom. The molecule has 0 heterocycles. The highest BCUT2D eigenvalue weighted by Gasteiger charge is 2.23. The van der Waals surface area contributed by atoms with Gasteiger partial charge in [-0.05, 0) is 70.1 Å². The summed E-state index contributed by atoms with van der Waals surface area (Å²) in [6, 6.07) is 3.29. The Kier molecular flexibility index (Phi) is 14.9. The van der Waals surface area contributed by atoms with Crippen molar-refractivity contribution in [2.75, 3.05) is 6.54 Å². The van der Waals surface area contributed by atoms with Gasteiger partial charge in [0, 0.05) is 13.0 Å². The summed E-state index contributed by atoms with van der Waals surface area (Å²) < 4.78 is 26.2. The average Bonchev–Trinajstić information content (AvgIpc) is 2.86. The van der Waals surface area contributed by atoms with E-state index in [0.29, 0.717) is 37.2 Å². The van der Waals surface area contributed by atoms with Crippen LogP contribution in [-0.2, 0) is 30.2 Å². The molecule has 4 atom stereocenters. The first-order valence-electron chi connectivity index (χ1n) is 13.4. The van der Waals surface area contributed by atoms with Crippen LogP contribution in [0.2, 0.25) is 0 Å². The van der Waals surface area contributed by atoms with Crippen LogP contribution in [0.3, 0.4) is 0 Å². The Morgan fingerprint density at radius 2 is 1.38 bits per heavy atom. The van der Waals surface area contributed by atoms with Gasteiger partial charge >= 0.3 is 24.2 Å². The topological polar surface area (TPSA) is 147 Å². The van der Waals surface area contributed by atoms with E-state index in [-0.39, 0.29) is 36.5 Å². The van der Waals surface area contributed by atoms with Crippen LogP contribution in [0.25, 0.3) is 0 Å². The van der Waals surface area contributed by atoms with Gasteiger partial charge in [0.15, 0.2) is 11.5 Å². The Hall–Kier alpha value is -3.34. The third-order valence-electron chi connectivity index (χ3n) is 5.79. The number of benzene rings is 1. The molecule has 220 valence electrons. The van der Waals surface area contributed by atoms with Gasteiger partial charge in [0.1, 0.15) is 24.4 Å². The number of carboxylic acids is 1. The molecule has 0 aromatic heterocycles. The van der Waals surface area contributed by atoms with Crippen LogP contribution < -0.4 is 14.8 Å². The van der Waals surface area contributed by atoms with Crippen molar-refractivity contribution in [3.63, 3.8) is 0 Å². The van der Waals surface area contributed by atoms with Gasteiger partial charge in [0.25, 0.3) is 0 Å². The van der Waals surface area contributed by atoms with E-state index in [1.54, 1.807) is 26.8 Å². The number of carboxylic acid groups (broad SMARTS) is 1. The van der Waals surface area contributed by atoms with Crippen LogP contribution in [0.4, 0.5) is 9.59 Å². The second-order valence-electron chi connectivity index (χ2n) is 9.89. The minimum absolute atomic E-state index is 0.00227. The zero-order valence-electron chi connectivity index (χ0n) is 24.0. The Bertz CT molecular complexity index is 948. The van der Waals surface area contributed by atoms with Crippen LogP contribution in [-0.4, -0.2) is 60.3 Å². The maximum absolute atomic E-state index is 12.3. The summed E-state index contributed by atoms with van der Waals surface area (Å²) in [5.74, 6) is -1.30. The average molecular weight is 554 g/mol. The van der Waals surface area contributed by atoms with Gasteiger partial charge in [0.2, 0.25) is 0 Å². The Morgan fingerprint density at radius 3 is 1.90 bits per heavy atom. The molecule has 11 heteroatoms. The van der Waals surface area contributed by atoms with Crippen LogP contribution in [0.5, 0.6) is 11.5 Å².